The molecule has 0 spiro atoms. The second kappa shape index (κ2) is 5.91. The Morgan fingerprint density at radius 1 is 1.37 bits per heavy atom. The molecule has 1 rings (SSSR count). The fraction of sp³-hybridized carbons (Fsp3) is 0.417. The largest absolute Gasteiger partial charge is 0.444 e. The fourth-order valence-corrected chi connectivity index (χ4v) is 1.08. The summed E-state index contributed by atoms with van der Waals surface area (Å²) >= 11 is 0. The molecule has 0 fully saturated rings. The molecule has 1 aromatic rings. The summed E-state index contributed by atoms with van der Waals surface area (Å²) in [4.78, 5) is 33.5. The van der Waals surface area contributed by atoms with E-state index in [4.69, 9.17) is 4.74 Å². The minimum Gasteiger partial charge on any atom is -0.444 e. The molecule has 0 radical (unpaired) electrons. The lowest BCUT2D eigenvalue weighted by molar-refractivity contribution is 0.0535. The molecule has 0 saturated heterocycles. The summed E-state index contributed by atoms with van der Waals surface area (Å²) in [6.45, 7) is 5.25. The molecule has 0 aliphatic heterocycles. The number of amides is 1. The lowest BCUT2D eigenvalue weighted by Gasteiger charge is -2.18. The molecule has 0 aromatic carbocycles. The molecule has 19 heavy (non-hydrogen) atoms. The van der Waals surface area contributed by atoms with Crippen molar-refractivity contribution in [3.63, 3.8) is 0 Å². The number of aromatic nitrogens is 2. The number of nitrogens with one attached hydrogen (secondary N) is 3. The van der Waals surface area contributed by atoms with Crippen LogP contribution in [0.15, 0.2) is 15.7 Å². The van der Waals surface area contributed by atoms with E-state index in [2.05, 4.69) is 27.4 Å². The Kier molecular flexibility index (Phi) is 4.53. The van der Waals surface area contributed by atoms with Gasteiger partial charge in [0.25, 0.3) is 11.1 Å². The number of ether oxygens (including phenoxy) is 1. The highest BCUT2D eigenvalue weighted by molar-refractivity contribution is 5.68. The van der Waals surface area contributed by atoms with Gasteiger partial charge in [-0.3, -0.25) is 19.8 Å². The Morgan fingerprint density at radius 3 is 2.68 bits per heavy atom. The summed E-state index contributed by atoms with van der Waals surface area (Å²) in [6, 6.07) is 1.08. The maximum absolute atomic E-state index is 11.3. The van der Waals surface area contributed by atoms with Gasteiger partial charge in [-0.05, 0) is 20.8 Å². The Bertz CT molecular complexity index is 625. The molecule has 1 aromatic heterocycles. The van der Waals surface area contributed by atoms with E-state index in [9.17, 15) is 14.4 Å². The van der Waals surface area contributed by atoms with Crippen molar-refractivity contribution in [1.82, 2.24) is 15.5 Å². The van der Waals surface area contributed by atoms with E-state index in [1.165, 1.54) is 0 Å². The summed E-state index contributed by atoms with van der Waals surface area (Å²) in [5.74, 6) is 5.04. The zero-order valence-electron chi connectivity index (χ0n) is 10.9. The van der Waals surface area contributed by atoms with Gasteiger partial charge in [0.2, 0.25) is 0 Å². The highest BCUT2D eigenvalue weighted by atomic mass is 16.6. The first-order chi connectivity index (χ1) is 8.78. The van der Waals surface area contributed by atoms with Crippen LogP contribution in [-0.4, -0.2) is 28.4 Å². The lowest BCUT2D eigenvalue weighted by atomic mass is 10.2. The first kappa shape index (κ1) is 14.6. The van der Waals surface area contributed by atoms with Crippen LogP contribution in [0.1, 0.15) is 26.3 Å². The number of rotatable bonds is 1. The Morgan fingerprint density at radius 2 is 2.05 bits per heavy atom. The molecule has 7 nitrogen and oxygen atoms in total. The monoisotopic (exact) mass is 265 g/mol. The molecule has 1 amide bonds. The van der Waals surface area contributed by atoms with E-state index in [1.807, 2.05) is 0 Å². The van der Waals surface area contributed by atoms with Crippen molar-refractivity contribution in [2.45, 2.75) is 26.4 Å². The van der Waals surface area contributed by atoms with Crippen molar-refractivity contribution >= 4 is 6.09 Å². The molecule has 3 N–H and O–H groups in total. The first-order valence-electron chi connectivity index (χ1n) is 5.56. The highest BCUT2D eigenvalue weighted by Gasteiger charge is 2.14. The van der Waals surface area contributed by atoms with Crippen molar-refractivity contribution in [3.05, 3.63) is 32.3 Å². The summed E-state index contributed by atoms with van der Waals surface area (Å²) in [5, 5.41) is 6.68. The minimum atomic E-state index is -0.596. The van der Waals surface area contributed by atoms with Crippen molar-refractivity contribution in [3.8, 4) is 11.8 Å². The normalized spacial score (nSPS) is 10.3. The SMILES string of the molecule is CC(C)(C)OC(=O)NCC#Cc1cc(=O)[nH][nH]c1=O. The first-order valence-corrected chi connectivity index (χ1v) is 5.56. The van der Waals surface area contributed by atoms with Gasteiger partial charge in [0.05, 0.1) is 12.1 Å². The third kappa shape index (κ3) is 5.59. The molecule has 102 valence electrons. The number of carbonyl (C=O) groups excluding carboxylic acids is 1. The third-order valence-corrected chi connectivity index (χ3v) is 1.76. The van der Waals surface area contributed by atoms with Crippen LogP contribution in [-0.2, 0) is 4.74 Å². The van der Waals surface area contributed by atoms with E-state index >= 15 is 0 Å². The van der Waals surface area contributed by atoms with Crippen molar-refractivity contribution < 1.29 is 9.53 Å². The molecule has 1 heterocycles. The zero-order valence-corrected chi connectivity index (χ0v) is 10.9. The van der Waals surface area contributed by atoms with Gasteiger partial charge in [-0.25, -0.2) is 4.79 Å². The fourth-order valence-electron chi connectivity index (χ4n) is 1.08. The number of hydrogen-bond acceptors (Lipinski definition) is 4. The van der Waals surface area contributed by atoms with Crippen molar-refractivity contribution in [2.24, 2.45) is 0 Å². The molecule has 0 aliphatic rings. The van der Waals surface area contributed by atoms with Crippen LogP contribution < -0.4 is 16.4 Å². The Hall–Kier alpha value is -2.49. The van der Waals surface area contributed by atoms with Crippen molar-refractivity contribution in [1.29, 1.82) is 0 Å². The number of carbonyl (C=O) groups is 1. The summed E-state index contributed by atoms with van der Waals surface area (Å²) in [5.41, 5.74) is -1.50. The van der Waals surface area contributed by atoms with Gasteiger partial charge >= 0.3 is 6.09 Å². The predicted molar refractivity (Wildman–Crippen MR) is 68.8 cm³/mol. The quantitative estimate of drug-likeness (QED) is 0.619. The maximum Gasteiger partial charge on any atom is 0.408 e. The van der Waals surface area contributed by atoms with Gasteiger partial charge in [-0.1, -0.05) is 11.8 Å². The van der Waals surface area contributed by atoms with Crippen LogP contribution in [0, 0.1) is 11.8 Å². The van der Waals surface area contributed by atoms with E-state index in [1.54, 1.807) is 20.8 Å². The van der Waals surface area contributed by atoms with E-state index in [-0.39, 0.29) is 12.1 Å². The number of alkyl carbamates (subject to hydrolysis) is 1. The van der Waals surface area contributed by atoms with Gasteiger partial charge in [-0.2, -0.15) is 0 Å². The number of H-pyrrole nitrogens is 2. The van der Waals surface area contributed by atoms with E-state index in [0.717, 1.165) is 6.07 Å². The van der Waals surface area contributed by atoms with Crippen molar-refractivity contribution in [2.75, 3.05) is 6.54 Å². The van der Waals surface area contributed by atoms with Crippen LogP contribution >= 0.6 is 0 Å². The summed E-state index contributed by atoms with van der Waals surface area (Å²) in [6.07, 6.45) is -0.596. The second-order valence-corrected chi connectivity index (χ2v) is 4.66. The second-order valence-electron chi connectivity index (χ2n) is 4.66. The average molecular weight is 265 g/mol. The number of hydrogen-bond donors (Lipinski definition) is 3. The topological polar surface area (TPSA) is 104 Å². The molecule has 7 heteroatoms. The van der Waals surface area contributed by atoms with E-state index in [0.29, 0.717) is 0 Å². The minimum absolute atomic E-state index is 0.0150. The molecular weight excluding hydrogens is 250 g/mol. The van der Waals surface area contributed by atoms with Crippen LogP contribution in [0.2, 0.25) is 0 Å². The van der Waals surface area contributed by atoms with Gasteiger partial charge in [-0.15, -0.1) is 0 Å². The molecular formula is C12H15N3O4. The van der Waals surface area contributed by atoms with Crippen LogP contribution in [0.3, 0.4) is 0 Å². The molecule has 0 saturated carbocycles. The van der Waals surface area contributed by atoms with Crippen LogP contribution in [0.25, 0.3) is 0 Å². The lowest BCUT2D eigenvalue weighted by Crippen LogP contribution is -2.32. The summed E-state index contributed by atoms with van der Waals surface area (Å²) < 4.78 is 4.99. The molecule has 0 unspecified atom stereocenters. The molecule has 0 atom stereocenters. The Labute approximate surface area is 109 Å². The van der Waals surface area contributed by atoms with E-state index < -0.39 is 22.8 Å². The van der Waals surface area contributed by atoms with Crippen LogP contribution in [0.4, 0.5) is 4.79 Å². The standard InChI is InChI=1S/C12H15N3O4/c1-12(2,3)19-11(18)13-6-4-5-8-7-9(16)14-15-10(8)17/h7H,6H2,1-3H3,(H,13,18)(H,14,16)(H,15,17). The molecule has 0 aliphatic carbocycles. The average Bonchev–Trinajstić information content (AvgIpc) is 2.26. The van der Waals surface area contributed by atoms with Gasteiger partial charge in [0.15, 0.2) is 0 Å². The highest BCUT2D eigenvalue weighted by Crippen LogP contribution is 2.05. The summed E-state index contributed by atoms with van der Waals surface area (Å²) in [7, 11) is 0. The van der Waals surface area contributed by atoms with Gasteiger partial charge < -0.3 is 10.1 Å². The predicted octanol–water partition coefficient (Wildman–Crippen LogP) is -0.0606. The maximum atomic E-state index is 11.3. The van der Waals surface area contributed by atoms with Gasteiger partial charge in [0.1, 0.15) is 5.60 Å². The zero-order chi connectivity index (χ0) is 14.5. The Balaban J connectivity index is 2.57. The third-order valence-electron chi connectivity index (χ3n) is 1.76. The van der Waals surface area contributed by atoms with Crippen LogP contribution in [0.5, 0.6) is 0 Å². The van der Waals surface area contributed by atoms with Gasteiger partial charge in [0, 0.05) is 6.07 Å². The molecule has 0 bridgehead atoms. The smallest absolute Gasteiger partial charge is 0.408 e. The number of aromatic amines is 2.